The van der Waals surface area contributed by atoms with E-state index in [9.17, 15) is 9.59 Å². The minimum absolute atomic E-state index is 0.127. The average Bonchev–Trinajstić information content (AvgIpc) is 3.06. The molecule has 0 unspecified atom stereocenters. The second kappa shape index (κ2) is 6.57. The topological polar surface area (TPSA) is 60.1 Å². The minimum Gasteiger partial charge on any atom is -0.331 e. The molecule has 132 valence electrons. The van der Waals surface area contributed by atoms with Gasteiger partial charge in [0.15, 0.2) is 0 Å². The fraction of sp³-hybridized carbons (Fsp3) is 0.211. The predicted molar refractivity (Wildman–Crippen MR) is 101 cm³/mol. The number of hydrogen-bond acceptors (Lipinski definition) is 3. The summed E-state index contributed by atoms with van der Waals surface area (Å²) in [4.78, 5) is 31.6. The van der Waals surface area contributed by atoms with Crippen molar-refractivity contribution in [2.75, 3.05) is 6.54 Å². The van der Waals surface area contributed by atoms with Gasteiger partial charge in [-0.3, -0.25) is 9.59 Å². The summed E-state index contributed by atoms with van der Waals surface area (Å²) in [6, 6.07) is 11.3. The lowest BCUT2D eigenvalue weighted by molar-refractivity contribution is 0.0686. The molecule has 4 rings (SSSR count). The molecule has 0 fully saturated rings. The standard InChI is InChI=1S/C19H17BrN4O2/c1-13-10-23(12-21-13)16-6-7-17-18(25)22(8-9-24(17)19(16)26)11-14-4-2-3-5-15(14)20/h2-7,10,12H,8-9,11H2,1H3. The maximum atomic E-state index is 12.9. The molecule has 0 spiro atoms. The van der Waals surface area contributed by atoms with Crippen LogP contribution in [0, 0.1) is 6.92 Å². The molecule has 0 atom stereocenters. The first kappa shape index (κ1) is 16.8. The summed E-state index contributed by atoms with van der Waals surface area (Å²) in [6.45, 7) is 3.36. The number of carbonyl (C=O) groups excluding carboxylic acids is 1. The number of aromatic nitrogens is 3. The van der Waals surface area contributed by atoms with Crippen molar-refractivity contribution in [3.8, 4) is 5.69 Å². The highest BCUT2D eigenvalue weighted by Crippen LogP contribution is 2.21. The van der Waals surface area contributed by atoms with Crippen LogP contribution in [-0.2, 0) is 13.1 Å². The van der Waals surface area contributed by atoms with Gasteiger partial charge in [-0.2, -0.15) is 0 Å². The van der Waals surface area contributed by atoms with E-state index in [-0.39, 0.29) is 11.5 Å². The van der Waals surface area contributed by atoms with Gasteiger partial charge < -0.3 is 14.0 Å². The molecular weight excluding hydrogens is 396 g/mol. The molecule has 6 nitrogen and oxygen atoms in total. The van der Waals surface area contributed by atoms with Gasteiger partial charge in [-0.15, -0.1) is 0 Å². The Morgan fingerprint density at radius 2 is 1.92 bits per heavy atom. The van der Waals surface area contributed by atoms with Crippen LogP contribution < -0.4 is 5.56 Å². The maximum absolute atomic E-state index is 12.9. The lowest BCUT2D eigenvalue weighted by atomic mass is 10.1. The Hall–Kier alpha value is -2.67. The van der Waals surface area contributed by atoms with Crippen molar-refractivity contribution in [1.29, 1.82) is 0 Å². The maximum Gasteiger partial charge on any atom is 0.275 e. The van der Waals surface area contributed by atoms with Gasteiger partial charge in [0.1, 0.15) is 11.4 Å². The molecular formula is C19H17BrN4O2. The molecule has 0 aliphatic carbocycles. The zero-order valence-corrected chi connectivity index (χ0v) is 15.8. The van der Waals surface area contributed by atoms with E-state index in [4.69, 9.17) is 0 Å². The number of aryl methyl sites for hydroxylation is 1. The second-order valence-electron chi connectivity index (χ2n) is 6.30. The number of benzene rings is 1. The molecule has 1 aromatic carbocycles. The predicted octanol–water partition coefficient (Wildman–Crippen LogP) is 2.76. The van der Waals surface area contributed by atoms with Crippen molar-refractivity contribution in [3.63, 3.8) is 0 Å². The molecule has 26 heavy (non-hydrogen) atoms. The molecule has 2 aromatic heterocycles. The zero-order valence-electron chi connectivity index (χ0n) is 14.2. The van der Waals surface area contributed by atoms with Gasteiger partial charge in [-0.05, 0) is 30.7 Å². The van der Waals surface area contributed by atoms with E-state index in [2.05, 4.69) is 20.9 Å². The van der Waals surface area contributed by atoms with Gasteiger partial charge in [0.2, 0.25) is 0 Å². The van der Waals surface area contributed by atoms with Crippen LogP contribution in [0.3, 0.4) is 0 Å². The Morgan fingerprint density at radius 3 is 2.65 bits per heavy atom. The van der Waals surface area contributed by atoms with Crippen LogP contribution in [0.2, 0.25) is 0 Å². The summed E-state index contributed by atoms with van der Waals surface area (Å²) in [5.74, 6) is -0.127. The van der Waals surface area contributed by atoms with E-state index in [0.29, 0.717) is 31.0 Å². The number of imidazole rings is 1. The molecule has 0 saturated carbocycles. The molecule has 0 N–H and O–H groups in total. The molecule has 7 heteroatoms. The van der Waals surface area contributed by atoms with Gasteiger partial charge >= 0.3 is 0 Å². The largest absolute Gasteiger partial charge is 0.331 e. The molecule has 0 bridgehead atoms. The summed E-state index contributed by atoms with van der Waals surface area (Å²) < 4.78 is 4.23. The lowest BCUT2D eigenvalue weighted by Crippen LogP contribution is -2.44. The quantitative estimate of drug-likeness (QED) is 0.664. The van der Waals surface area contributed by atoms with Crippen LogP contribution in [-0.4, -0.2) is 31.5 Å². The smallest absolute Gasteiger partial charge is 0.275 e. The Labute approximate surface area is 158 Å². The highest BCUT2D eigenvalue weighted by atomic mass is 79.9. The van der Waals surface area contributed by atoms with Gasteiger partial charge in [-0.25, -0.2) is 4.98 Å². The highest BCUT2D eigenvalue weighted by Gasteiger charge is 2.26. The van der Waals surface area contributed by atoms with E-state index >= 15 is 0 Å². The first-order chi connectivity index (χ1) is 12.5. The number of carbonyl (C=O) groups is 1. The molecule has 1 aliphatic heterocycles. The minimum atomic E-state index is -0.172. The third-order valence-corrected chi connectivity index (χ3v) is 5.34. The molecule has 3 aromatic rings. The number of nitrogens with zero attached hydrogens (tertiary/aromatic N) is 4. The van der Waals surface area contributed by atoms with Crippen LogP contribution >= 0.6 is 15.9 Å². The number of amides is 1. The summed E-state index contributed by atoms with van der Waals surface area (Å²) >= 11 is 3.52. The Bertz CT molecular complexity index is 1050. The Balaban J connectivity index is 1.66. The molecule has 0 saturated heterocycles. The third-order valence-electron chi connectivity index (χ3n) is 4.56. The fourth-order valence-electron chi connectivity index (χ4n) is 3.19. The Kier molecular flexibility index (Phi) is 4.24. The van der Waals surface area contributed by atoms with Crippen LogP contribution in [0.1, 0.15) is 21.7 Å². The number of halogens is 1. The van der Waals surface area contributed by atoms with Crippen LogP contribution in [0.15, 0.2) is 58.2 Å². The highest BCUT2D eigenvalue weighted by molar-refractivity contribution is 9.10. The van der Waals surface area contributed by atoms with Crippen molar-refractivity contribution in [1.82, 2.24) is 19.0 Å². The van der Waals surface area contributed by atoms with E-state index in [0.717, 1.165) is 15.7 Å². The van der Waals surface area contributed by atoms with Crippen molar-refractivity contribution < 1.29 is 4.79 Å². The molecule has 0 radical (unpaired) electrons. The monoisotopic (exact) mass is 412 g/mol. The lowest BCUT2D eigenvalue weighted by Gasteiger charge is -2.30. The van der Waals surface area contributed by atoms with Crippen molar-refractivity contribution in [2.45, 2.75) is 20.0 Å². The SMILES string of the molecule is Cc1cn(-c2ccc3n(c2=O)CCN(Cc2ccccc2Br)C3=O)cn1. The molecule has 1 aliphatic rings. The average molecular weight is 413 g/mol. The first-order valence-electron chi connectivity index (χ1n) is 8.32. The number of fused-ring (bicyclic) bond motifs is 1. The third kappa shape index (κ3) is 2.88. The number of hydrogen-bond donors (Lipinski definition) is 0. The molecule has 3 heterocycles. The van der Waals surface area contributed by atoms with Crippen molar-refractivity contribution in [2.24, 2.45) is 0 Å². The van der Waals surface area contributed by atoms with Gasteiger partial charge in [0.25, 0.3) is 11.5 Å². The summed E-state index contributed by atoms with van der Waals surface area (Å²) in [5, 5.41) is 0. The van der Waals surface area contributed by atoms with Crippen LogP contribution in [0.25, 0.3) is 5.69 Å². The van der Waals surface area contributed by atoms with E-state index < -0.39 is 0 Å². The van der Waals surface area contributed by atoms with Crippen molar-refractivity contribution in [3.05, 3.63) is 80.7 Å². The van der Waals surface area contributed by atoms with Gasteiger partial charge in [0.05, 0.1) is 12.0 Å². The first-order valence-corrected chi connectivity index (χ1v) is 9.11. The summed E-state index contributed by atoms with van der Waals surface area (Å²) in [5.41, 5.74) is 2.63. The van der Waals surface area contributed by atoms with Gasteiger partial charge in [0, 0.05) is 30.3 Å². The van der Waals surface area contributed by atoms with Gasteiger partial charge in [-0.1, -0.05) is 34.1 Å². The summed E-state index contributed by atoms with van der Waals surface area (Å²) in [6.07, 6.45) is 3.41. The normalized spacial score (nSPS) is 13.8. The Morgan fingerprint density at radius 1 is 1.12 bits per heavy atom. The fourth-order valence-corrected chi connectivity index (χ4v) is 3.60. The van der Waals surface area contributed by atoms with E-state index in [1.54, 1.807) is 38.7 Å². The second-order valence-corrected chi connectivity index (χ2v) is 7.16. The van der Waals surface area contributed by atoms with Crippen LogP contribution in [0.4, 0.5) is 0 Å². The molecule has 1 amide bonds. The number of rotatable bonds is 3. The zero-order chi connectivity index (χ0) is 18.3. The van der Waals surface area contributed by atoms with Crippen LogP contribution in [0.5, 0.6) is 0 Å². The number of pyridine rings is 1. The summed E-state index contributed by atoms with van der Waals surface area (Å²) in [7, 11) is 0. The van der Waals surface area contributed by atoms with E-state index in [1.807, 2.05) is 31.2 Å². The van der Waals surface area contributed by atoms with Crippen molar-refractivity contribution >= 4 is 21.8 Å². The van der Waals surface area contributed by atoms with E-state index in [1.165, 1.54) is 0 Å².